The zero-order valence-electron chi connectivity index (χ0n) is 11.1. The van der Waals surface area contributed by atoms with Gasteiger partial charge in [0.2, 0.25) is 0 Å². The van der Waals surface area contributed by atoms with Gasteiger partial charge in [-0.3, -0.25) is 4.90 Å². The van der Waals surface area contributed by atoms with Crippen molar-refractivity contribution in [1.29, 1.82) is 0 Å². The van der Waals surface area contributed by atoms with Gasteiger partial charge in [0.25, 0.3) is 0 Å². The topological polar surface area (TPSA) is 38.5 Å². The average Bonchev–Trinajstić information content (AvgIpc) is 2.42. The van der Waals surface area contributed by atoms with Gasteiger partial charge in [-0.15, -0.1) is 0 Å². The van der Waals surface area contributed by atoms with Crippen LogP contribution in [-0.4, -0.2) is 37.7 Å². The molecule has 18 heavy (non-hydrogen) atoms. The number of piperidine rings is 1. The Morgan fingerprint density at radius 2 is 1.89 bits per heavy atom. The van der Waals surface area contributed by atoms with Crippen molar-refractivity contribution in [3.8, 4) is 0 Å². The van der Waals surface area contributed by atoms with E-state index in [1.54, 1.807) is 0 Å². The van der Waals surface area contributed by atoms with Gasteiger partial charge in [-0.1, -0.05) is 30.3 Å². The molecule has 0 spiro atoms. The lowest BCUT2D eigenvalue weighted by atomic mass is 9.97. The fourth-order valence-electron chi connectivity index (χ4n) is 2.49. The summed E-state index contributed by atoms with van der Waals surface area (Å²) in [5, 5.41) is 0. The van der Waals surface area contributed by atoms with Crippen LogP contribution in [0.15, 0.2) is 30.3 Å². The van der Waals surface area contributed by atoms with Gasteiger partial charge in [-0.2, -0.15) is 0 Å². The third-order valence-electron chi connectivity index (χ3n) is 3.57. The van der Waals surface area contributed by atoms with Crippen molar-refractivity contribution >= 4 is 0 Å². The van der Waals surface area contributed by atoms with Crippen LogP contribution in [0.5, 0.6) is 0 Å². The van der Waals surface area contributed by atoms with Gasteiger partial charge in [0.1, 0.15) is 0 Å². The summed E-state index contributed by atoms with van der Waals surface area (Å²) in [6.45, 7) is 5.67. The Kier molecular flexibility index (Phi) is 5.65. The minimum atomic E-state index is 0.632. The van der Waals surface area contributed by atoms with E-state index in [1.165, 1.54) is 31.5 Å². The molecule has 0 atom stereocenters. The lowest BCUT2D eigenvalue weighted by Gasteiger charge is -2.31. The van der Waals surface area contributed by atoms with Crippen LogP contribution in [0, 0.1) is 5.92 Å². The highest BCUT2D eigenvalue weighted by Crippen LogP contribution is 2.19. The van der Waals surface area contributed by atoms with Crippen molar-refractivity contribution in [3.05, 3.63) is 35.9 Å². The molecule has 2 N–H and O–H groups in total. The van der Waals surface area contributed by atoms with Crippen LogP contribution < -0.4 is 5.73 Å². The molecule has 0 amide bonds. The van der Waals surface area contributed by atoms with E-state index in [-0.39, 0.29) is 0 Å². The van der Waals surface area contributed by atoms with Crippen molar-refractivity contribution in [2.45, 2.75) is 19.4 Å². The number of nitrogens with two attached hydrogens (primary N) is 1. The van der Waals surface area contributed by atoms with E-state index in [0.29, 0.717) is 13.2 Å². The van der Waals surface area contributed by atoms with E-state index in [9.17, 15) is 0 Å². The first-order valence-electron chi connectivity index (χ1n) is 6.92. The van der Waals surface area contributed by atoms with Gasteiger partial charge in [0.05, 0.1) is 6.61 Å². The Morgan fingerprint density at radius 3 is 2.56 bits per heavy atom. The molecule has 0 saturated carbocycles. The quantitative estimate of drug-likeness (QED) is 0.781. The lowest BCUT2D eigenvalue weighted by molar-refractivity contribution is 0.0694. The maximum absolute atomic E-state index is 5.53. The van der Waals surface area contributed by atoms with Gasteiger partial charge in [-0.05, 0) is 37.4 Å². The molecule has 100 valence electrons. The average molecular weight is 248 g/mol. The molecule has 3 nitrogen and oxygen atoms in total. The summed E-state index contributed by atoms with van der Waals surface area (Å²) < 4.78 is 5.53. The van der Waals surface area contributed by atoms with Crippen LogP contribution in [0.1, 0.15) is 18.4 Å². The molecule has 1 aromatic carbocycles. The highest BCUT2D eigenvalue weighted by molar-refractivity contribution is 5.14. The Bertz CT molecular complexity index is 321. The summed E-state index contributed by atoms with van der Waals surface area (Å²) in [5.41, 5.74) is 6.83. The van der Waals surface area contributed by atoms with E-state index < -0.39 is 0 Å². The smallest absolute Gasteiger partial charge is 0.0588 e. The monoisotopic (exact) mass is 248 g/mol. The first-order chi connectivity index (χ1) is 8.88. The zero-order chi connectivity index (χ0) is 12.6. The van der Waals surface area contributed by atoms with Crippen LogP contribution in [0.4, 0.5) is 0 Å². The third-order valence-corrected chi connectivity index (χ3v) is 3.57. The Hall–Kier alpha value is -0.900. The maximum atomic E-state index is 5.53. The van der Waals surface area contributed by atoms with Crippen LogP contribution in [0.2, 0.25) is 0 Å². The Balaban J connectivity index is 1.67. The lowest BCUT2D eigenvalue weighted by Crippen LogP contribution is -2.34. The number of likely N-dealkylation sites (tertiary alicyclic amines) is 1. The van der Waals surface area contributed by atoms with Crippen molar-refractivity contribution in [2.24, 2.45) is 11.7 Å². The number of benzene rings is 1. The summed E-state index contributed by atoms with van der Waals surface area (Å²) >= 11 is 0. The molecule has 0 aliphatic carbocycles. The van der Waals surface area contributed by atoms with Gasteiger partial charge in [-0.25, -0.2) is 0 Å². The van der Waals surface area contributed by atoms with Gasteiger partial charge in [0, 0.05) is 19.7 Å². The summed E-state index contributed by atoms with van der Waals surface area (Å²) in [7, 11) is 0. The van der Waals surface area contributed by atoms with Gasteiger partial charge < -0.3 is 10.5 Å². The normalized spacial score (nSPS) is 18.1. The Labute approximate surface area is 110 Å². The molecule has 1 aliphatic heterocycles. The van der Waals surface area contributed by atoms with Gasteiger partial charge >= 0.3 is 0 Å². The molecule has 1 heterocycles. The Morgan fingerprint density at radius 1 is 1.17 bits per heavy atom. The van der Waals surface area contributed by atoms with Crippen LogP contribution >= 0.6 is 0 Å². The molecule has 2 rings (SSSR count). The zero-order valence-corrected chi connectivity index (χ0v) is 11.1. The first-order valence-corrected chi connectivity index (χ1v) is 6.92. The van der Waals surface area contributed by atoms with E-state index in [0.717, 1.165) is 19.1 Å². The number of nitrogens with zero attached hydrogens (tertiary/aromatic N) is 1. The SMILES string of the molecule is NCCOCC1CCN(Cc2ccccc2)CC1. The summed E-state index contributed by atoms with van der Waals surface area (Å²) in [6.07, 6.45) is 2.49. The van der Waals surface area contributed by atoms with Crippen molar-refractivity contribution in [3.63, 3.8) is 0 Å². The van der Waals surface area contributed by atoms with Crippen molar-refractivity contribution in [2.75, 3.05) is 32.8 Å². The molecule has 0 unspecified atom stereocenters. The molecule has 1 aromatic rings. The van der Waals surface area contributed by atoms with Crippen LogP contribution in [0.25, 0.3) is 0 Å². The minimum absolute atomic E-state index is 0.632. The standard InChI is InChI=1S/C15H24N2O/c16-8-11-18-13-15-6-9-17(10-7-15)12-14-4-2-1-3-5-14/h1-5,15H,6-13,16H2. The van der Waals surface area contributed by atoms with Crippen LogP contribution in [0.3, 0.4) is 0 Å². The maximum Gasteiger partial charge on any atom is 0.0588 e. The van der Waals surface area contributed by atoms with E-state index >= 15 is 0 Å². The molecule has 0 aromatic heterocycles. The fourth-order valence-corrected chi connectivity index (χ4v) is 2.49. The largest absolute Gasteiger partial charge is 0.380 e. The highest BCUT2D eigenvalue weighted by Gasteiger charge is 2.19. The molecule has 1 fully saturated rings. The second kappa shape index (κ2) is 7.52. The highest BCUT2D eigenvalue weighted by atomic mass is 16.5. The van der Waals surface area contributed by atoms with E-state index in [4.69, 9.17) is 10.5 Å². The molecule has 1 saturated heterocycles. The van der Waals surface area contributed by atoms with E-state index in [1.807, 2.05) is 0 Å². The molecule has 3 heteroatoms. The summed E-state index contributed by atoms with van der Waals surface area (Å²) in [6, 6.07) is 10.7. The summed E-state index contributed by atoms with van der Waals surface area (Å²) in [5.74, 6) is 0.726. The molecular formula is C15H24N2O. The van der Waals surface area contributed by atoms with Crippen LogP contribution in [-0.2, 0) is 11.3 Å². The summed E-state index contributed by atoms with van der Waals surface area (Å²) in [4.78, 5) is 2.54. The predicted octanol–water partition coefficient (Wildman–Crippen LogP) is 1.87. The van der Waals surface area contributed by atoms with Crippen molar-refractivity contribution < 1.29 is 4.74 Å². The molecule has 0 bridgehead atoms. The number of hydrogen-bond donors (Lipinski definition) is 1. The minimum Gasteiger partial charge on any atom is -0.380 e. The second-order valence-corrected chi connectivity index (χ2v) is 5.07. The fraction of sp³-hybridized carbons (Fsp3) is 0.600. The first kappa shape index (κ1) is 13.5. The van der Waals surface area contributed by atoms with Crippen molar-refractivity contribution in [1.82, 2.24) is 4.90 Å². The third kappa shape index (κ3) is 4.41. The molecule has 0 radical (unpaired) electrons. The van der Waals surface area contributed by atoms with E-state index in [2.05, 4.69) is 35.2 Å². The second-order valence-electron chi connectivity index (χ2n) is 5.07. The predicted molar refractivity (Wildman–Crippen MR) is 74.3 cm³/mol. The molecular weight excluding hydrogens is 224 g/mol. The number of rotatable bonds is 6. The molecule has 1 aliphatic rings. The number of hydrogen-bond acceptors (Lipinski definition) is 3. The number of ether oxygens (including phenoxy) is 1. The van der Waals surface area contributed by atoms with Gasteiger partial charge in [0.15, 0.2) is 0 Å².